The van der Waals surface area contributed by atoms with Crippen LogP contribution in [-0.2, 0) is 14.4 Å². The summed E-state index contributed by atoms with van der Waals surface area (Å²) < 4.78 is 0. The molecule has 1 rings (SSSR count). The third-order valence-corrected chi connectivity index (χ3v) is 2.21. The molecule has 0 radical (unpaired) electrons. The summed E-state index contributed by atoms with van der Waals surface area (Å²) in [6.07, 6.45) is 0.507. The van der Waals surface area contributed by atoms with Crippen molar-refractivity contribution >= 4 is 17.8 Å². The number of nitrogens with zero attached hydrogens (tertiary/aromatic N) is 1. The summed E-state index contributed by atoms with van der Waals surface area (Å²) in [4.78, 5) is 34.3. The fraction of sp³-hybridized carbons (Fsp3) is 0.667. The maximum Gasteiger partial charge on any atom is 0.304 e. The molecule has 0 aromatic carbocycles. The molecule has 1 fully saturated rings. The molecule has 1 saturated heterocycles. The molecule has 0 bridgehead atoms. The van der Waals surface area contributed by atoms with Gasteiger partial charge in [-0.2, -0.15) is 0 Å². The molecule has 78 valence electrons. The van der Waals surface area contributed by atoms with Gasteiger partial charge in [-0.25, -0.2) is 0 Å². The van der Waals surface area contributed by atoms with Crippen molar-refractivity contribution in [2.75, 3.05) is 6.54 Å². The summed E-state index contributed by atoms with van der Waals surface area (Å²) in [6.45, 7) is 2.26. The second-order valence-electron chi connectivity index (χ2n) is 3.38. The highest BCUT2D eigenvalue weighted by atomic mass is 16.4. The van der Waals surface area contributed by atoms with Gasteiger partial charge in [0.2, 0.25) is 11.8 Å². The number of amides is 2. The Morgan fingerprint density at radius 2 is 2.21 bits per heavy atom. The zero-order valence-corrected chi connectivity index (χ0v) is 8.02. The van der Waals surface area contributed by atoms with E-state index >= 15 is 0 Å². The van der Waals surface area contributed by atoms with Gasteiger partial charge in [-0.3, -0.25) is 19.3 Å². The van der Waals surface area contributed by atoms with Crippen LogP contribution < -0.4 is 0 Å². The molecule has 1 aliphatic rings. The standard InChI is InChI=1S/C9H13NO4/c1-2-3-10-7(11)4-6(9(10)14)5-8(12)13/h6H,2-5H2,1H3,(H,12,13). The van der Waals surface area contributed by atoms with Crippen molar-refractivity contribution in [3.05, 3.63) is 0 Å². The average molecular weight is 199 g/mol. The lowest BCUT2D eigenvalue weighted by Gasteiger charge is -2.12. The number of carbonyl (C=O) groups is 3. The van der Waals surface area contributed by atoms with Crippen LogP contribution in [0, 0.1) is 5.92 Å². The topological polar surface area (TPSA) is 74.7 Å². The highest BCUT2D eigenvalue weighted by Crippen LogP contribution is 2.22. The van der Waals surface area contributed by atoms with Crippen LogP contribution in [0.4, 0.5) is 0 Å². The SMILES string of the molecule is CCCN1C(=O)CC(CC(=O)O)C1=O. The molecule has 14 heavy (non-hydrogen) atoms. The summed E-state index contributed by atoms with van der Waals surface area (Å²) >= 11 is 0. The molecule has 0 saturated carbocycles. The van der Waals surface area contributed by atoms with Gasteiger partial charge in [0.25, 0.3) is 0 Å². The molecular weight excluding hydrogens is 186 g/mol. The van der Waals surface area contributed by atoms with Gasteiger partial charge in [0.15, 0.2) is 0 Å². The van der Waals surface area contributed by atoms with Crippen molar-refractivity contribution in [2.45, 2.75) is 26.2 Å². The molecule has 0 aromatic rings. The number of hydrogen-bond donors (Lipinski definition) is 1. The van der Waals surface area contributed by atoms with Crippen molar-refractivity contribution in [3.63, 3.8) is 0 Å². The molecule has 1 aliphatic heterocycles. The third-order valence-electron chi connectivity index (χ3n) is 2.21. The van der Waals surface area contributed by atoms with E-state index in [2.05, 4.69) is 0 Å². The first kappa shape index (κ1) is 10.7. The molecule has 0 aliphatic carbocycles. The van der Waals surface area contributed by atoms with Gasteiger partial charge in [-0.05, 0) is 6.42 Å². The van der Waals surface area contributed by atoms with Crippen LogP contribution in [0.1, 0.15) is 26.2 Å². The second kappa shape index (κ2) is 4.21. The minimum absolute atomic E-state index is 0.0468. The first-order valence-corrected chi connectivity index (χ1v) is 4.62. The predicted molar refractivity (Wildman–Crippen MR) is 47.4 cm³/mol. The summed E-state index contributed by atoms with van der Waals surface area (Å²) in [5.41, 5.74) is 0. The van der Waals surface area contributed by atoms with E-state index in [9.17, 15) is 14.4 Å². The highest BCUT2D eigenvalue weighted by Gasteiger charge is 2.38. The molecule has 1 heterocycles. The lowest BCUT2D eigenvalue weighted by atomic mass is 10.0. The number of carboxylic acid groups (broad SMARTS) is 1. The number of likely N-dealkylation sites (tertiary alicyclic amines) is 1. The summed E-state index contributed by atoms with van der Waals surface area (Å²) in [6, 6.07) is 0. The zero-order valence-electron chi connectivity index (χ0n) is 8.02. The van der Waals surface area contributed by atoms with Crippen LogP contribution in [-0.4, -0.2) is 34.3 Å². The minimum atomic E-state index is -1.03. The Labute approximate surface area is 81.7 Å². The number of hydrogen-bond acceptors (Lipinski definition) is 3. The smallest absolute Gasteiger partial charge is 0.304 e. The van der Waals surface area contributed by atoms with E-state index in [1.165, 1.54) is 0 Å². The highest BCUT2D eigenvalue weighted by molar-refractivity contribution is 6.04. The van der Waals surface area contributed by atoms with Crippen LogP contribution in [0.25, 0.3) is 0 Å². The van der Waals surface area contributed by atoms with Crippen LogP contribution in [0.3, 0.4) is 0 Å². The summed E-state index contributed by atoms with van der Waals surface area (Å²) in [5.74, 6) is -2.26. The van der Waals surface area contributed by atoms with E-state index in [4.69, 9.17) is 5.11 Å². The number of carbonyl (C=O) groups excluding carboxylic acids is 2. The van der Waals surface area contributed by atoms with Gasteiger partial charge in [0, 0.05) is 13.0 Å². The Kier molecular flexibility index (Phi) is 3.22. The lowest BCUT2D eigenvalue weighted by molar-refractivity contribution is -0.143. The Hall–Kier alpha value is -1.39. The number of rotatable bonds is 4. The van der Waals surface area contributed by atoms with E-state index in [1.54, 1.807) is 0 Å². The predicted octanol–water partition coefficient (Wildman–Crippen LogP) is 0.246. The van der Waals surface area contributed by atoms with E-state index in [0.29, 0.717) is 13.0 Å². The van der Waals surface area contributed by atoms with Crippen molar-refractivity contribution in [3.8, 4) is 0 Å². The van der Waals surface area contributed by atoms with Gasteiger partial charge in [-0.1, -0.05) is 6.92 Å². The first-order valence-electron chi connectivity index (χ1n) is 4.62. The van der Waals surface area contributed by atoms with Crippen LogP contribution in [0.5, 0.6) is 0 Å². The average Bonchev–Trinajstić information content (AvgIpc) is 2.32. The van der Waals surface area contributed by atoms with Crippen molar-refractivity contribution in [1.82, 2.24) is 4.90 Å². The normalized spacial score (nSPS) is 21.8. The quantitative estimate of drug-likeness (QED) is 0.658. The molecule has 1 N–H and O–H groups in total. The Morgan fingerprint density at radius 1 is 1.57 bits per heavy atom. The van der Waals surface area contributed by atoms with Crippen molar-refractivity contribution < 1.29 is 19.5 Å². The largest absolute Gasteiger partial charge is 0.481 e. The zero-order chi connectivity index (χ0) is 10.7. The minimum Gasteiger partial charge on any atom is -0.481 e. The van der Waals surface area contributed by atoms with Crippen LogP contribution in [0.2, 0.25) is 0 Å². The van der Waals surface area contributed by atoms with E-state index in [-0.39, 0.29) is 24.7 Å². The van der Waals surface area contributed by atoms with Crippen molar-refractivity contribution in [1.29, 1.82) is 0 Å². The van der Waals surface area contributed by atoms with Crippen LogP contribution in [0.15, 0.2) is 0 Å². The number of aliphatic carboxylic acids is 1. The maximum absolute atomic E-state index is 11.5. The monoisotopic (exact) mass is 199 g/mol. The molecule has 1 atom stereocenters. The molecule has 0 spiro atoms. The lowest BCUT2D eigenvalue weighted by Crippen LogP contribution is -2.31. The molecule has 1 unspecified atom stereocenters. The van der Waals surface area contributed by atoms with Gasteiger partial charge < -0.3 is 5.11 Å². The van der Waals surface area contributed by atoms with Gasteiger partial charge in [0.1, 0.15) is 0 Å². The summed E-state index contributed by atoms with van der Waals surface area (Å²) in [5, 5.41) is 8.51. The first-order chi connectivity index (χ1) is 6.56. The van der Waals surface area contributed by atoms with Crippen molar-refractivity contribution in [2.24, 2.45) is 5.92 Å². The van der Waals surface area contributed by atoms with Gasteiger partial charge in [-0.15, -0.1) is 0 Å². The number of carboxylic acids is 1. The Balaban J connectivity index is 2.64. The Bertz CT molecular complexity index is 274. The molecule has 2 amide bonds. The Morgan fingerprint density at radius 3 is 2.71 bits per heavy atom. The van der Waals surface area contributed by atoms with E-state index in [0.717, 1.165) is 4.90 Å². The molecule has 5 heteroatoms. The van der Waals surface area contributed by atoms with E-state index in [1.807, 2.05) is 6.92 Å². The summed E-state index contributed by atoms with van der Waals surface area (Å²) in [7, 11) is 0. The fourth-order valence-corrected chi connectivity index (χ4v) is 1.58. The maximum atomic E-state index is 11.5. The molecular formula is C9H13NO4. The number of imide groups is 1. The van der Waals surface area contributed by atoms with Gasteiger partial charge >= 0.3 is 5.97 Å². The second-order valence-corrected chi connectivity index (χ2v) is 3.38. The van der Waals surface area contributed by atoms with Gasteiger partial charge in [0.05, 0.1) is 12.3 Å². The fourth-order valence-electron chi connectivity index (χ4n) is 1.58. The van der Waals surface area contributed by atoms with Crippen LogP contribution >= 0.6 is 0 Å². The molecule has 0 aromatic heterocycles. The third kappa shape index (κ3) is 2.10. The van der Waals surface area contributed by atoms with E-state index < -0.39 is 11.9 Å². The molecule has 5 nitrogen and oxygen atoms in total.